The van der Waals surface area contributed by atoms with E-state index in [2.05, 4.69) is 32.4 Å². The van der Waals surface area contributed by atoms with Crippen molar-refractivity contribution in [3.8, 4) is 0 Å². The molecule has 0 saturated carbocycles. The van der Waals surface area contributed by atoms with Crippen LogP contribution in [0.5, 0.6) is 0 Å². The first-order chi connectivity index (χ1) is 9.11. The molecule has 3 heterocycles. The fourth-order valence-corrected chi connectivity index (χ4v) is 2.75. The van der Waals surface area contributed by atoms with Crippen molar-refractivity contribution in [2.75, 3.05) is 31.6 Å². The fourth-order valence-electron chi connectivity index (χ4n) is 2.75. The van der Waals surface area contributed by atoms with Crippen LogP contribution in [-0.4, -0.2) is 46.5 Å². The molecule has 1 saturated heterocycles. The van der Waals surface area contributed by atoms with Gasteiger partial charge in [-0.2, -0.15) is 9.61 Å². The highest BCUT2D eigenvalue weighted by Crippen LogP contribution is 2.31. The molecule has 0 spiro atoms. The minimum atomic E-state index is -0.297. The van der Waals surface area contributed by atoms with Gasteiger partial charge in [0.05, 0.1) is 0 Å². The lowest BCUT2D eigenvalue weighted by molar-refractivity contribution is 0.355. The standard InChI is InChI=1S/C12H18N6O/c1-12(7-13-2)5-6-17(8-12)10-4-3-9-14-15-11(19)18(9)16-10/h3-4,13H,5-8H2,1-2H3,(H,15,19). The first kappa shape index (κ1) is 12.2. The van der Waals surface area contributed by atoms with Crippen LogP contribution in [0.3, 0.4) is 0 Å². The van der Waals surface area contributed by atoms with Crippen molar-refractivity contribution in [2.24, 2.45) is 5.41 Å². The van der Waals surface area contributed by atoms with E-state index < -0.39 is 0 Å². The molecule has 7 nitrogen and oxygen atoms in total. The molecule has 2 aromatic heterocycles. The summed E-state index contributed by atoms with van der Waals surface area (Å²) in [5, 5.41) is 13.9. The molecule has 0 amide bonds. The van der Waals surface area contributed by atoms with Crippen LogP contribution in [0, 0.1) is 5.41 Å². The van der Waals surface area contributed by atoms with Gasteiger partial charge in [-0.15, -0.1) is 5.10 Å². The predicted molar refractivity (Wildman–Crippen MR) is 72.5 cm³/mol. The molecule has 1 aliphatic rings. The van der Waals surface area contributed by atoms with E-state index in [1.54, 1.807) is 0 Å². The summed E-state index contributed by atoms with van der Waals surface area (Å²) in [4.78, 5) is 13.7. The molecule has 1 aliphatic heterocycles. The molecule has 0 bridgehead atoms. The topological polar surface area (TPSA) is 78.3 Å². The van der Waals surface area contributed by atoms with Crippen LogP contribution in [0.2, 0.25) is 0 Å². The third-order valence-corrected chi connectivity index (χ3v) is 3.74. The van der Waals surface area contributed by atoms with Gasteiger partial charge in [0.2, 0.25) is 0 Å². The van der Waals surface area contributed by atoms with Crippen molar-refractivity contribution in [1.29, 1.82) is 0 Å². The smallest absolute Gasteiger partial charge is 0.355 e. The molecule has 2 N–H and O–H groups in total. The quantitative estimate of drug-likeness (QED) is 0.804. The Balaban J connectivity index is 1.89. The van der Waals surface area contributed by atoms with Crippen LogP contribution >= 0.6 is 0 Å². The predicted octanol–water partition coefficient (Wildman–Crippen LogP) is -0.147. The van der Waals surface area contributed by atoms with E-state index in [0.29, 0.717) is 5.65 Å². The lowest BCUT2D eigenvalue weighted by atomic mass is 9.90. The zero-order chi connectivity index (χ0) is 13.5. The fraction of sp³-hybridized carbons (Fsp3) is 0.583. The molecule has 3 rings (SSSR count). The number of anilines is 1. The minimum absolute atomic E-state index is 0.257. The summed E-state index contributed by atoms with van der Waals surface area (Å²) < 4.78 is 1.31. The molecule has 7 heteroatoms. The van der Waals surface area contributed by atoms with Crippen LogP contribution < -0.4 is 15.9 Å². The number of aromatic nitrogens is 4. The number of nitrogens with zero attached hydrogens (tertiary/aromatic N) is 4. The Bertz CT molecular complexity index is 647. The summed E-state index contributed by atoms with van der Waals surface area (Å²) in [5.74, 6) is 0.829. The highest BCUT2D eigenvalue weighted by atomic mass is 16.2. The van der Waals surface area contributed by atoms with Gasteiger partial charge in [-0.05, 0) is 31.0 Å². The Labute approximate surface area is 110 Å². The molecule has 0 aliphatic carbocycles. The maximum Gasteiger partial charge on any atom is 0.364 e. The van der Waals surface area contributed by atoms with Gasteiger partial charge in [-0.3, -0.25) is 0 Å². The molecule has 1 atom stereocenters. The van der Waals surface area contributed by atoms with Crippen molar-refractivity contribution >= 4 is 11.5 Å². The summed E-state index contributed by atoms with van der Waals surface area (Å²) in [6.45, 7) is 5.16. The van der Waals surface area contributed by atoms with Crippen molar-refractivity contribution in [2.45, 2.75) is 13.3 Å². The van der Waals surface area contributed by atoms with Crippen molar-refractivity contribution in [3.05, 3.63) is 22.6 Å². The zero-order valence-corrected chi connectivity index (χ0v) is 11.2. The van der Waals surface area contributed by atoms with Gasteiger partial charge >= 0.3 is 5.69 Å². The van der Waals surface area contributed by atoms with Gasteiger partial charge in [-0.1, -0.05) is 6.92 Å². The largest absolute Gasteiger partial charge is 0.364 e. The number of fused-ring (bicyclic) bond motifs is 1. The molecular weight excluding hydrogens is 244 g/mol. The highest BCUT2D eigenvalue weighted by molar-refractivity contribution is 5.46. The summed E-state index contributed by atoms with van der Waals surface area (Å²) in [7, 11) is 1.98. The van der Waals surface area contributed by atoms with Gasteiger partial charge in [0.25, 0.3) is 0 Å². The SMILES string of the molecule is CNCC1(C)CCN(c2ccc3n[nH]c(=O)n3n2)C1. The van der Waals surface area contributed by atoms with Gasteiger partial charge in [-0.25, -0.2) is 9.89 Å². The summed E-state index contributed by atoms with van der Waals surface area (Å²) in [6, 6.07) is 3.73. The number of nitrogens with one attached hydrogen (secondary N) is 2. The highest BCUT2D eigenvalue weighted by Gasteiger charge is 2.33. The molecule has 1 fully saturated rings. The Morgan fingerprint density at radius 2 is 2.37 bits per heavy atom. The Morgan fingerprint density at radius 3 is 3.16 bits per heavy atom. The van der Waals surface area contributed by atoms with Crippen molar-refractivity contribution in [3.63, 3.8) is 0 Å². The number of H-pyrrole nitrogens is 1. The van der Waals surface area contributed by atoms with Crippen LogP contribution in [-0.2, 0) is 0 Å². The first-order valence-corrected chi connectivity index (χ1v) is 6.45. The minimum Gasteiger partial charge on any atom is -0.355 e. The Morgan fingerprint density at radius 1 is 1.53 bits per heavy atom. The van der Waals surface area contributed by atoms with Gasteiger partial charge in [0, 0.05) is 19.6 Å². The zero-order valence-electron chi connectivity index (χ0n) is 11.2. The van der Waals surface area contributed by atoms with Crippen LogP contribution in [0.4, 0.5) is 5.82 Å². The third-order valence-electron chi connectivity index (χ3n) is 3.74. The molecule has 0 radical (unpaired) electrons. The number of aromatic amines is 1. The third kappa shape index (κ3) is 2.10. The number of rotatable bonds is 3. The monoisotopic (exact) mass is 262 g/mol. The van der Waals surface area contributed by atoms with Gasteiger partial charge in [0.15, 0.2) is 5.65 Å². The Kier molecular flexibility index (Phi) is 2.78. The maximum atomic E-state index is 11.5. The molecular formula is C12H18N6O. The maximum absolute atomic E-state index is 11.5. The first-order valence-electron chi connectivity index (χ1n) is 6.45. The van der Waals surface area contributed by atoms with E-state index >= 15 is 0 Å². The van der Waals surface area contributed by atoms with Gasteiger partial charge < -0.3 is 10.2 Å². The second-order valence-electron chi connectivity index (χ2n) is 5.50. The second kappa shape index (κ2) is 4.34. The van der Waals surface area contributed by atoms with Crippen LogP contribution in [0.1, 0.15) is 13.3 Å². The summed E-state index contributed by atoms with van der Waals surface area (Å²) in [6.07, 6.45) is 1.12. The van der Waals surface area contributed by atoms with Crippen molar-refractivity contribution in [1.82, 2.24) is 25.1 Å². The molecule has 1 unspecified atom stereocenters. The molecule has 2 aromatic rings. The average Bonchev–Trinajstić information content (AvgIpc) is 2.94. The number of hydrogen-bond acceptors (Lipinski definition) is 5. The van der Waals surface area contributed by atoms with Gasteiger partial charge in [0.1, 0.15) is 5.82 Å². The van der Waals surface area contributed by atoms with Crippen LogP contribution in [0.15, 0.2) is 16.9 Å². The lowest BCUT2D eigenvalue weighted by Crippen LogP contribution is -2.33. The second-order valence-corrected chi connectivity index (χ2v) is 5.50. The average molecular weight is 262 g/mol. The van der Waals surface area contributed by atoms with E-state index in [-0.39, 0.29) is 11.1 Å². The number of hydrogen-bond donors (Lipinski definition) is 2. The van der Waals surface area contributed by atoms with Crippen molar-refractivity contribution < 1.29 is 0 Å². The normalized spacial score (nSPS) is 23.4. The van der Waals surface area contributed by atoms with E-state index in [0.717, 1.165) is 31.9 Å². The summed E-state index contributed by atoms with van der Waals surface area (Å²) in [5.41, 5.74) is 0.507. The van der Waals surface area contributed by atoms with E-state index in [1.807, 2.05) is 19.2 Å². The molecule has 102 valence electrons. The summed E-state index contributed by atoms with van der Waals surface area (Å²) >= 11 is 0. The van der Waals surface area contributed by atoms with E-state index in [4.69, 9.17) is 0 Å². The van der Waals surface area contributed by atoms with E-state index in [1.165, 1.54) is 4.52 Å². The Hall–Kier alpha value is -1.89. The van der Waals surface area contributed by atoms with E-state index in [9.17, 15) is 4.79 Å². The molecule has 19 heavy (non-hydrogen) atoms. The molecule has 0 aromatic carbocycles. The lowest BCUT2D eigenvalue weighted by Gasteiger charge is -2.24. The van der Waals surface area contributed by atoms with Crippen LogP contribution in [0.25, 0.3) is 5.65 Å².